The zero-order valence-electron chi connectivity index (χ0n) is 17.7. The minimum absolute atomic E-state index is 0.264. The lowest BCUT2D eigenvalue weighted by Gasteiger charge is -2.27. The number of rotatable bonds is 15. The Morgan fingerprint density at radius 3 is 1.96 bits per heavy atom. The first kappa shape index (κ1) is 24.5. The van der Waals surface area contributed by atoms with Crippen molar-refractivity contribution in [3.05, 3.63) is 21.4 Å². The molecule has 1 aromatic rings. The number of ketones is 2. The van der Waals surface area contributed by atoms with E-state index in [0.29, 0.717) is 17.1 Å². The van der Waals surface area contributed by atoms with Gasteiger partial charge in [0.1, 0.15) is 12.8 Å². The number of aryl methyl sites for hydroxylation is 1. The lowest BCUT2D eigenvalue weighted by molar-refractivity contribution is -0.116. The number of aliphatic hydroxyl groups excluding tert-OH is 1. The number of carbonyl (C=O) groups excluding carboxylic acids is 2. The summed E-state index contributed by atoms with van der Waals surface area (Å²) in [5.41, 5.74) is 1.85. The van der Waals surface area contributed by atoms with Crippen LogP contribution in [-0.4, -0.2) is 47.9 Å². The largest absolute Gasteiger partial charge is 0.388 e. The summed E-state index contributed by atoms with van der Waals surface area (Å²) in [4.78, 5) is 25.7. The van der Waals surface area contributed by atoms with E-state index in [9.17, 15) is 14.7 Å². The molecule has 0 saturated carbocycles. The third-order valence-corrected chi connectivity index (χ3v) is 11.3. The van der Waals surface area contributed by atoms with Crippen LogP contribution in [0.2, 0.25) is 0 Å². The molecule has 0 aliphatic carbocycles. The minimum atomic E-state index is -1.26. The molecule has 0 unspecified atom stereocenters. The molecule has 0 aliphatic rings. The van der Waals surface area contributed by atoms with Gasteiger partial charge in [-0.1, -0.05) is 40.0 Å². The van der Waals surface area contributed by atoms with Crippen LogP contribution in [0.5, 0.6) is 0 Å². The number of thiophene rings is 1. The number of Topliss-reactive ketones (excluding diaryl/α,β-unsaturated/α-hetero) is 2. The van der Waals surface area contributed by atoms with Crippen molar-refractivity contribution in [2.75, 3.05) is 31.3 Å². The van der Waals surface area contributed by atoms with E-state index in [0.717, 1.165) is 17.3 Å². The van der Waals surface area contributed by atoms with Crippen LogP contribution in [0.4, 0.5) is 0 Å². The summed E-state index contributed by atoms with van der Waals surface area (Å²) in [7, 11) is -1.26. The van der Waals surface area contributed by atoms with E-state index < -0.39 is 13.9 Å². The highest BCUT2D eigenvalue weighted by Gasteiger charge is 2.38. The Bertz CT molecular complexity index is 573. The second-order valence-electron chi connectivity index (χ2n) is 7.75. The Labute approximate surface area is 170 Å². The molecule has 1 N–H and O–H groups in total. The zero-order chi connectivity index (χ0) is 20.3. The molecule has 154 valence electrons. The molecule has 0 atom stereocenters. The molecule has 0 saturated heterocycles. The summed E-state index contributed by atoms with van der Waals surface area (Å²) in [6.45, 7) is 8.18. The van der Waals surface area contributed by atoms with Crippen LogP contribution in [0.25, 0.3) is 0 Å². The molecule has 0 aromatic carbocycles. The third kappa shape index (κ3) is 7.75. The van der Waals surface area contributed by atoms with Crippen LogP contribution < -0.4 is 0 Å². The zero-order valence-corrected chi connectivity index (χ0v) is 19.4. The van der Waals surface area contributed by atoms with Gasteiger partial charge in [0.25, 0.3) is 0 Å². The van der Waals surface area contributed by atoms with Gasteiger partial charge in [-0.2, -0.15) is 0 Å². The predicted octanol–water partition coefficient (Wildman–Crippen LogP) is 5.76. The average Bonchev–Trinajstić information content (AvgIpc) is 3.02. The van der Waals surface area contributed by atoms with E-state index in [2.05, 4.69) is 20.8 Å². The van der Waals surface area contributed by atoms with Gasteiger partial charge in [0.15, 0.2) is 11.6 Å². The molecular weight excluding hydrogens is 375 g/mol. The van der Waals surface area contributed by atoms with Crippen molar-refractivity contribution in [2.45, 2.75) is 72.6 Å². The van der Waals surface area contributed by atoms with Gasteiger partial charge in [-0.3, -0.25) is 9.59 Å². The van der Waals surface area contributed by atoms with Crippen LogP contribution in [-0.2, 0) is 11.2 Å². The number of hydrogen-bond acceptors (Lipinski definition) is 4. The van der Waals surface area contributed by atoms with E-state index in [-0.39, 0.29) is 5.78 Å². The predicted molar refractivity (Wildman–Crippen MR) is 120 cm³/mol. The molecule has 0 amide bonds. The monoisotopic (exact) mass is 413 g/mol. The maximum atomic E-state index is 13.1. The maximum Gasteiger partial charge on any atom is 0.198 e. The van der Waals surface area contributed by atoms with E-state index in [1.807, 2.05) is 12.3 Å². The molecule has 1 heterocycles. The highest BCUT2D eigenvalue weighted by Crippen LogP contribution is 2.60. The fourth-order valence-corrected chi connectivity index (χ4v) is 9.65. The lowest BCUT2D eigenvalue weighted by atomic mass is 10.0. The molecule has 0 fully saturated rings. The van der Waals surface area contributed by atoms with Gasteiger partial charge in [-0.05, 0) is 42.7 Å². The minimum Gasteiger partial charge on any atom is -0.388 e. The molecule has 3 nitrogen and oxygen atoms in total. The van der Waals surface area contributed by atoms with Crippen LogP contribution in [0.1, 0.15) is 80.1 Å². The van der Waals surface area contributed by atoms with Crippen molar-refractivity contribution in [3.63, 3.8) is 0 Å². The van der Waals surface area contributed by atoms with Gasteiger partial charge in [-0.25, -0.2) is 0 Å². The van der Waals surface area contributed by atoms with Crippen molar-refractivity contribution in [1.29, 1.82) is 0 Å². The molecule has 0 radical (unpaired) electrons. The molecule has 1 aromatic heterocycles. The SMILES string of the molecule is CCCC[P+](CCCC)(CCCC)CC(=O)Cc1c(C)csc1C(=O)CO. The number of carbonyl (C=O) groups is 2. The van der Waals surface area contributed by atoms with Gasteiger partial charge in [0, 0.05) is 13.7 Å². The van der Waals surface area contributed by atoms with Crippen molar-refractivity contribution in [3.8, 4) is 0 Å². The molecule has 1 rings (SSSR count). The number of hydrogen-bond donors (Lipinski definition) is 1. The summed E-state index contributed by atoms with van der Waals surface area (Å²) in [6.07, 6.45) is 12.0. The summed E-state index contributed by atoms with van der Waals surface area (Å²) < 4.78 is 0. The van der Waals surface area contributed by atoms with Gasteiger partial charge in [0.05, 0.1) is 23.4 Å². The van der Waals surface area contributed by atoms with E-state index in [4.69, 9.17) is 0 Å². The standard InChI is InChI=1S/C22H38O3PS/c1-5-8-11-26(12-9-6-2,13-10-7-3)16-19(24)14-20-18(4)17-27-22(20)21(25)15-23/h17,23H,5-16H2,1-4H3/q+1. The highest BCUT2D eigenvalue weighted by molar-refractivity contribution is 7.76. The fraction of sp³-hybridized carbons (Fsp3) is 0.727. The normalized spacial score (nSPS) is 11.7. The van der Waals surface area contributed by atoms with E-state index in [1.54, 1.807) is 0 Å². The first-order valence-corrected chi connectivity index (χ1v) is 13.9. The first-order chi connectivity index (χ1) is 12.9. The highest BCUT2D eigenvalue weighted by atomic mass is 32.1. The first-order valence-electron chi connectivity index (χ1n) is 10.5. The molecule has 0 aliphatic heterocycles. The number of unbranched alkanes of at least 4 members (excludes halogenated alkanes) is 3. The third-order valence-electron chi connectivity index (χ3n) is 5.34. The maximum absolute atomic E-state index is 13.1. The Hall–Kier alpha value is -0.570. The lowest BCUT2D eigenvalue weighted by Crippen LogP contribution is -2.21. The smallest absolute Gasteiger partial charge is 0.198 e. The summed E-state index contributed by atoms with van der Waals surface area (Å²) in [5, 5.41) is 11.1. The molecule has 0 bridgehead atoms. The van der Waals surface area contributed by atoms with Crippen LogP contribution in [0.3, 0.4) is 0 Å². The average molecular weight is 414 g/mol. The quantitative estimate of drug-likeness (QED) is 0.294. The molecule has 5 heteroatoms. The van der Waals surface area contributed by atoms with Gasteiger partial charge < -0.3 is 5.11 Å². The van der Waals surface area contributed by atoms with E-state index in [1.165, 1.54) is 68.3 Å². The van der Waals surface area contributed by atoms with Gasteiger partial charge in [-0.15, -0.1) is 11.3 Å². The summed E-state index contributed by atoms with van der Waals surface area (Å²) in [5.74, 6) is 0.0278. The van der Waals surface area contributed by atoms with Crippen molar-refractivity contribution < 1.29 is 14.7 Å². The van der Waals surface area contributed by atoms with Crippen LogP contribution >= 0.6 is 18.6 Å². The summed E-state index contributed by atoms with van der Waals surface area (Å²) >= 11 is 1.36. The second-order valence-corrected chi connectivity index (χ2v) is 13.0. The fourth-order valence-electron chi connectivity index (χ4n) is 3.67. The van der Waals surface area contributed by atoms with Gasteiger partial charge >= 0.3 is 0 Å². The molecular formula is C22H38O3PS+. The number of aliphatic hydroxyl groups is 1. The Kier molecular flexibility index (Phi) is 11.6. The Morgan fingerprint density at radius 1 is 1.00 bits per heavy atom. The van der Waals surface area contributed by atoms with Crippen molar-refractivity contribution in [2.24, 2.45) is 0 Å². The topological polar surface area (TPSA) is 54.4 Å². The van der Waals surface area contributed by atoms with Crippen LogP contribution in [0.15, 0.2) is 5.38 Å². The second kappa shape index (κ2) is 12.8. The molecule has 27 heavy (non-hydrogen) atoms. The van der Waals surface area contributed by atoms with Gasteiger partial charge in [0.2, 0.25) is 0 Å². The van der Waals surface area contributed by atoms with Crippen molar-refractivity contribution in [1.82, 2.24) is 0 Å². The summed E-state index contributed by atoms with van der Waals surface area (Å²) in [6, 6.07) is 0. The van der Waals surface area contributed by atoms with Crippen LogP contribution in [0, 0.1) is 6.92 Å². The van der Waals surface area contributed by atoms with Crippen molar-refractivity contribution >= 4 is 30.2 Å². The Morgan fingerprint density at radius 2 is 1.52 bits per heavy atom. The Balaban J connectivity index is 2.97. The van der Waals surface area contributed by atoms with E-state index >= 15 is 0 Å². The molecule has 0 spiro atoms.